The molecular weight excluding hydrogens is 304 g/mol. The Kier molecular flexibility index (Phi) is 9.32. The highest BCUT2D eigenvalue weighted by Crippen LogP contribution is 2.12. The highest BCUT2D eigenvalue weighted by Gasteiger charge is 2.10. The van der Waals surface area contributed by atoms with Crippen molar-refractivity contribution in [2.75, 3.05) is 27.2 Å². The molecule has 0 heterocycles. The summed E-state index contributed by atoms with van der Waals surface area (Å²) in [7, 11) is -0.0150. The third-order valence-electron chi connectivity index (χ3n) is 2.64. The van der Waals surface area contributed by atoms with Gasteiger partial charge in [-0.25, -0.2) is 0 Å². The first-order valence-corrected chi connectivity index (χ1v) is 8.20. The number of benzene rings is 1. The van der Waals surface area contributed by atoms with Crippen LogP contribution in [0, 0.1) is 6.92 Å². The number of amides is 1. The van der Waals surface area contributed by atoms with E-state index in [-0.39, 0.29) is 10.8 Å². The minimum Gasteiger partial charge on any atom is -0.353 e. The molecular formula is C15H24N2O4S. The van der Waals surface area contributed by atoms with Gasteiger partial charge in [0.15, 0.2) is 0 Å². The van der Waals surface area contributed by atoms with Crippen LogP contribution in [0.2, 0.25) is 0 Å². The van der Waals surface area contributed by atoms with Gasteiger partial charge in [-0.3, -0.25) is 9.35 Å². The molecule has 0 unspecified atom stereocenters. The Hall–Kier alpha value is -1.70. The molecule has 0 bridgehead atoms. The summed E-state index contributed by atoms with van der Waals surface area (Å²) in [4.78, 5) is 12.7. The first-order valence-electron chi connectivity index (χ1n) is 6.76. The third kappa shape index (κ3) is 9.28. The van der Waals surface area contributed by atoms with Crippen molar-refractivity contribution in [3.05, 3.63) is 42.5 Å². The Morgan fingerprint density at radius 2 is 1.95 bits per heavy atom. The SMILES string of the molecule is C=CC(=O)NCCCN(C)C.Cc1ccccc1S(=O)(=O)O. The van der Waals surface area contributed by atoms with Crippen LogP contribution in [-0.2, 0) is 14.9 Å². The summed E-state index contributed by atoms with van der Waals surface area (Å²) < 4.78 is 29.9. The van der Waals surface area contributed by atoms with Crippen LogP contribution in [0.4, 0.5) is 0 Å². The zero-order valence-electron chi connectivity index (χ0n) is 13.2. The smallest absolute Gasteiger partial charge is 0.294 e. The van der Waals surface area contributed by atoms with Gasteiger partial charge in [0, 0.05) is 6.54 Å². The number of hydrogen-bond donors (Lipinski definition) is 2. The van der Waals surface area contributed by atoms with Gasteiger partial charge >= 0.3 is 0 Å². The highest BCUT2D eigenvalue weighted by molar-refractivity contribution is 7.85. The number of rotatable bonds is 6. The van der Waals surface area contributed by atoms with E-state index in [0.29, 0.717) is 5.56 Å². The van der Waals surface area contributed by atoms with E-state index in [0.717, 1.165) is 19.5 Å². The molecule has 1 amide bonds. The molecule has 1 aromatic carbocycles. The van der Waals surface area contributed by atoms with Crippen molar-refractivity contribution < 1.29 is 17.8 Å². The lowest BCUT2D eigenvalue weighted by Crippen LogP contribution is -2.25. The Morgan fingerprint density at radius 3 is 2.36 bits per heavy atom. The minimum atomic E-state index is -4.03. The molecule has 1 aromatic rings. The van der Waals surface area contributed by atoms with Gasteiger partial charge in [-0.15, -0.1) is 0 Å². The number of aryl methyl sites for hydroxylation is 1. The van der Waals surface area contributed by atoms with Crippen LogP contribution in [0.3, 0.4) is 0 Å². The van der Waals surface area contributed by atoms with Gasteiger partial charge in [-0.05, 0) is 51.7 Å². The van der Waals surface area contributed by atoms with Crippen LogP contribution in [-0.4, -0.2) is 51.0 Å². The topological polar surface area (TPSA) is 86.7 Å². The largest absolute Gasteiger partial charge is 0.353 e. The summed E-state index contributed by atoms with van der Waals surface area (Å²) in [5, 5.41) is 2.70. The maximum absolute atomic E-state index is 10.6. The molecule has 0 aliphatic carbocycles. The normalized spacial score (nSPS) is 10.6. The number of hydrogen-bond acceptors (Lipinski definition) is 4. The second-order valence-electron chi connectivity index (χ2n) is 4.89. The van der Waals surface area contributed by atoms with Crippen LogP contribution >= 0.6 is 0 Å². The van der Waals surface area contributed by atoms with Gasteiger partial charge in [0.25, 0.3) is 10.1 Å². The monoisotopic (exact) mass is 328 g/mol. The predicted molar refractivity (Wildman–Crippen MR) is 87.4 cm³/mol. The van der Waals surface area contributed by atoms with E-state index in [9.17, 15) is 13.2 Å². The highest BCUT2D eigenvalue weighted by atomic mass is 32.2. The van der Waals surface area contributed by atoms with Crippen molar-refractivity contribution >= 4 is 16.0 Å². The lowest BCUT2D eigenvalue weighted by atomic mass is 10.2. The molecule has 2 N–H and O–H groups in total. The van der Waals surface area contributed by atoms with Crippen molar-refractivity contribution in [3.63, 3.8) is 0 Å². The second kappa shape index (κ2) is 10.1. The van der Waals surface area contributed by atoms with E-state index < -0.39 is 10.1 Å². The Balaban J connectivity index is 0.000000401. The van der Waals surface area contributed by atoms with E-state index in [1.807, 2.05) is 14.1 Å². The van der Waals surface area contributed by atoms with E-state index in [1.54, 1.807) is 25.1 Å². The molecule has 0 atom stereocenters. The molecule has 6 nitrogen and oxygen atoms in total. The van der Waals surface area contributed by atoms with Crippen LogP contribution in [0.15, 0.2) is 41.8 Å². The van der Waals surface area contributed by atoms with Crippen molar-refractivity contribution in [2.24, 2.45) is 0 Å². The van der Waals surface area contributed by atoms with Gasteiger partial charge in [0.2, 0.25) is 5.91 Å². The number of nitrogens with zero attached hydrogens (tertiary/aromatic N) is 1. The minimum absolute atomic E-state index is 0.0278. The van der Waals surface area contributed by atoms with Gasteiger partial charge in [-0.2, -0.15) is 8.42 Å². The number of carbonyl (C=O) groups excluding carboxylic acids is 1. The lowest BCUT2D eigenvalue weighted by molar-refractivity contribution is -0.116. The fourth-order valence-electron chi connectivity index (χ4n) is 1.52. The predicted octanol–water partition coefficient (Wildman–Crippen LogP) is 1.48. The summed E-state index contributed by atoms with van der Waals surface area (Å²) in [5.41, 5.74) is 0.551. The third-order valence-corrected chi connectivity index (χ3v) is 3.65. The van der Waals surface area contributed by atoms with Crippen molar-refractivity contribution in [1.29, 1.82) is 0 Å². The van der Waals surface area contributed by atoms with Crippen molar-refractivity contribution in [2.45, 2.75) is 18.2 Å². The Labute approximate surface area is 132 Å². The number of carbonyl (C=O) groups is 1. The standard InChI is InChI=1S/C8H16N2O.C7H8O3S/c1-4-8(11)9-6-5-7-10(2)3;1-6-4-2-3-5-7(6)11(8,9)10/h4H,1,5-7H2,2-3H3,(H,9,11);2-5H,1H3,(H,8,9,10). The van der Waals surface area contributed by atoms with Gasteiger partial charge < -0.3 is 10.2 Å². The Morgan fingerprint density at radius 1 is 1.36 bits per heavy atom. The molecule has 1 rings (SSSR count). The average Bonchev–Trinajstić information content (AvgIpc) is 2.43. The van der Waals surface area contributed by atoms with Crippen molar-refractivity contribution in [1.82, 2.24) is 10.2 Å². The first-order chi connectivity index (χ1) is 10.2. The molecule has 0 fully saturated rings. The molecule has 124 valence electrons. The van der Waals surface area contributed by atoms with Gasteiger partial charge in [0.05, 0.1) is 4.90 Å². The van der Waals surface area contributed by atoms with E-state index >= 15 is 0 Å². The van der Waals surface area contributed by atoms with Crippen molar-refractivity contribution in [3.8, 4) is 0 Å². The summed E-state index contributed by atoms with van der Waals surface area (Å²) in [5.74, 6) is -0.0937. The molecule has 0 saturated carbocycles. The van der Waals surface area contributed by atoms with Gasteiger partial charge in [-0.1, -0.05) is 24.8 Å². The molecule has 7 heteroatoms. The summed E-state index contributed by atoms with van der Waals surface area (Å²) in [6.07, 6.45) is 2.27. The molecule has 0 radical (unpaired) electrons. The summed E-state index contributed by atoms with van der Waals surface area (Å²) >= 11 is 0. The Bertz CT molecular complexity index is 583. The number of nitrogens with one attached hydrogen (secondary N) is 1. The van der Waals surface area contributed by atoms with E-state index in [2.05, 4.69) is 16.8 Å². The van der Waals surface area contributed by atoms with Crippen LogP contribution in [0.1, 0.15) is 12.0 Å². The van der Waals surface area contributed by atoms with E-state index in [1.165, 1.54) is 12.1 Å². The summed E-state index contributed by atoms with van der Waals surface area (Å²) in [6.45, 7) is 6.70. The molecule has 0 saturated heterocycles. The molecule has 0 aliphatic rings. The fraction of sp³-hybridized carbons (Fsp3) is 0.400. The van der Waals surface area contributed by atoms with Gasteiger partial charge in [0.1, 0.15) is 0 Å². The zero-order valence-corrected chi connectivity index (χ0v) is 14.1. The fourth-order valence-corrected chi connectivity index (χ4v) is 2.25. The quantitative estimate of drug-likeness (QED) is 0.469. The molecule has 0 spiro atoms. The zero-order chi connectivity index (χ0) is 17.2. The molecule has 0 aliphatic heterocycles. The molecule has 22 heavy (non-hydrogen) atoms. The van der Waals surface area contributed by atoms with E-state index in [4.69, 9.17) is 4.55 Å². The van der Waals surface area contributed by atoms with Crippen LogP contribution in [0.25, 0.3) is 0 Å². The summed E-state index contributed by atoms with van der Waals surface area (Å²) in [6, 6.07) is 6.27. The maximum Gasteiger partial charge on any atom is 0.294 e. The lowest BCUT2D eigenvalue weighted by Gasteiger charge is -2.08. The second-order valence-corrected chi connectivity index (χ2v) is 6.28. The first kappa shape index (κ1) is 20.3. The average molecular weight is 328 g/mol. The van der Waals surface area contributed by atoms with Crippen LogP contribution in [0.5, 0.6) is 0 Å². The van der Waals surface area contributed by atoms with Crippen LogP contribution < -0.4 is 5.32 Å². The maximum atomic E-state index is 10.6. The molecule has 0 aromatic heterocycles.